The number of nitrogens with zero attached hydrogens (tertiary/aromatic N) is 2. The molecule has 0 amide bonds. The molecule has 0 saturated heterocycles. The summed E-state index contributed by atoms with van der Waals surface area (Å²) >= 11 is 11.2. The smallest absolute Gasteiger partial charge is 0.406 e. The van der Waals surface area contributed by atoms with Gasteiger partial charge in [0.1, 0.15) is 5.82 Å². The molecule has 0 N–H and O–H groups in total. The summed E-state index contributed by atoms with van der Waals surface area (Å²) in [7, 11) is 0. The Morgan fingerprint density at radius 1 is 1.33 bits per heavy atom. The van der Waals surface area contributed by atoms with Crippen LogP contribution in [0.5, 0.6) is 0 Å². The number of hydrogen-bond donors (Lipinski definition) is 0. The fourth-order valence-electron chi connectivity index (χ4n) is 1.01. The molecule has 2 nitrogen and oxygen atoms in total. The molecule has 2 aromatic rings. The van der Waals surface area contributed by atoms with Gasteiger partial charge in [-0.1, -0.05) is 12.2 Å². The van der Waals surface area contributed by atoms with Crippen LogP contribution in [0.3, 0.4) is 0 Å². The molecule has 15 heavy (non-hydrogen) atoms. The van der Waals surface area contributed by atoms with E-state index in [4.69, 9.17) is 24.8 Å². The summed E-state index contributed by atoms with van der Waals surface area (Å²) in [5, 5.41) is 4.03. The van der Waals surface area contributed by atoms with Gasteiger partial charge in [0.2, 0.25) is 0 Å². The van der Waals surface area contributed by atoms with Crippen LogP contribution < -0.4 is 51.4 Å². The minimum absolute atomic E-state index is 0. The summed E-state index contributed by atoms with van der Waals surface area (Å²) in [6.07, 6.45) is 0. The molecule has 0 spiro atoms. The summed E-state index contributed by atoms with van der Waals surface area (Å²) in [6.45, 7) is 0. The monoisotopic (exact) mass is 282 g/mol. The van der Waals surface area contributed by atoms with Gasteiger partial charge in [-0.05, 0) is 28.6 Å². The van der Waals surface area contributed by atoms with Gasteiger partial charge >= 0.3 is 51.4 Å². The van der Waals surface area contributed by atoms with Crippen molar-refractivity contribution in [3.8, 4) is 5.69 Å². The van der Waals surface area contributed by atoms with Gasteiger partial charge in [-0.15, -0.1) is 0 Å². The Labute approximate surface area is 143 Å². The van der Waals surface area contributed by atoms with Crippen LogP contribution in [0.4, 0.5) is 4.39 Å². The molecule has 1 heterocycles. The third-order valence-corrected chi connectivity index (χ3v) is 2.96. The topological polar surface area (TPSA) is 17.8 Å². The number of halogens is 1. The van der Waals surface area contributed by atoms with E-state index in [1.54, 1.807) is 12.1 Å². The van der Waals surface area contributed by atoms with Crippen molar-refractivity contribution >= 4 is 36.2 Å². The second-order valence-corrected chi connectivity index (χ2v) is 4.79. The zero-order chi connectivity index (χ0) is 10.1. The third kappa shape index (κ3) is 3.37. The van der Waals surface area contributed by atoms with Crippen molar-refractivity contribution in [2.75, 3.05) is 0 Å². The van der Waals surface area contributed by atoms with Gasteiger partial charge in [-0.2, -0.15) is 5.10 Å². The number of hydrogen-bond acceptors (Lipinski definition) is 4. The van der Waals surface area contributed by atoms with E-state index in [1.807, 2.05) is 0 Å². The third-order valence-electron chi connectivity index (χ3n) is 1.60. The van der Waals surface area contributed by atoms with E-state index >= 15 is 0 Å². The standard InChI is InChI=1S/C8H5FN2S3.K/c9-5-1-3-6(4-2-5)11-8(13)14-7(12)10-11;/h1-4H,(H,10,12);/q;+1/p-1. The van der Waals surface area contributed by atoms with Crippen LogP contribution in [0.15, 0.2) is 28.6 Å². The first kappa shape index (κ1) is 13.8. The molecule has 1 aromatic heterocycles. The zero-order valence-electron chi connectivity index (χ0n) is 7.81. The molecule has 1 aromatic carbocycles. The minimum atomic E-state index is -0.283. The maximum atomic E-state index is 12.6. The molecular weight excluding hydrogens is 278 g/mol. The van der Waals surface area contributed by atoms with E-state index in [2.05, 4.69) is 5.10 Å². The van der Waals surface area contributed by atoms with E-state index in [-0.39, 0.29) is 57.2 Å². The molecule has 0 aliphatic rings. The van der Waals surface area contributed by atoms with Gasteiger partial charge in [-0.25, -0.2) is 9.07 Å². The van der Waals surface area contributed by atoms with E-state index in [0.29, 0.717) is 8.29 Å². The fourth-order valence-corrected chi connectivity index (χ4v) is 2.37. The fraction of sp³-hybridized carbons (Fsp3) is 0. The molecular formula is C8H4FKN2S3. The molecule has 0 aliphatic carbocycles. The quantitative estimate of drug-likeness (QED) is 0.407. The molecule has 0 saturated carbocycles. The minimum Gasteiger partial charge on any atom is -0.406 e. The summed E-state index contributed by atoms with van der Waals surface area (Å²) in [4.78, 5) is 0. The maximum Gasteiger partial charge on any atom is 1.00 e. The molecule has 0 atom stereocenters. The Morgan fingerprint density at radius 3 is 2.40 bits per heavy atom. The first-order valence-corrected chi connectivity index (χ1v) is 5.33. The van der Waals surface area contributed by atoms with Crippen LogP contribution in [0, 0.1) is 9.77 Å². The predicted molar refractivity (Wildman–Crippen MR) is 57.9 cm³/mol. The number of rotatable bonds is 1. The van der Waals surface area contributed by atoms with Crippen molar-refractivity contribution < 1.29 is 55.8 Å². The summed E-state index contributed by atoms with van der Waals surface area (Å²) < 4.78 is 15.2. The van der Waals surface area contributed by atoms with Gasteiger partial charge in [0.15, 0.2) is 0 Å². The van der Waals surface area contributed by atoms with Crippen molar-refractivity contribution in [3.63, 3.8) is 0 Å². The van der Waals surface area contributed by atoms with Crippen LogP contribution >= 0.6 is 23.6 Å². The average molecular weight is 282 g/mol. The van der Waals surface area contributed by atoms with Crippen LogP contribution in [0.25, 0.3) is 5.69 Å². The molecule has 2 rings (SSSR count). The van der Waals surface area contributed by atoms with Crippen LogP contribution in [-0.2, 0) is 12.6 Å². The Balaban J connectivity index is 0.00000112. The SMILES string of the molecule is Fc1ccc(-n2nc([S-])sc2=S)cc1.[K+]. The van der Waals surface area contributed by atoms with E-state index in [1.165, 1.54) is 28.2 Å². The normalized spacial score (nSPS) is 9.67. The van der Waals surface area contributed by atoms with Crippen molar-refractivity contribution in [3.05, 3.63) is 34.0 Å². The molecule has 0 bridgehead atoms. The van der Waals surface area contributed by atoms with Crippen molar-refractivity contribution in [2.24, 2.45) is 0 Å². The average Bonchev–Trinajstić information content (AvgIpc) is 2.47. The van der Waals surface area contributed by atoms with Gasteiger partial charge in [0, 0.05) is 0 Å². The maximum absolute atomic E-state index is 12.6. The van der Waals surface area contributed by atoms with Gasteiger partial charge in [-0.3, -0.25) is 0 Å². The molecule has 0 fully saturated rings. The van der Waals surface area contributed by atoms with E-state index in [9.17, 15) is 4.39 Å². The second-order valence-electron chi connectivity index (χ2n) is 2.52. The van der Waals surface area contributed by atoms with Crippen molar-refractivity contribution in [1.29, 1.82) is 0 Å². The number of benzene rings is 1. The van der Waals surface area contributed by atoms with Crippen LogP contribution in [0.1, 0.15) is 0 Å². The van der Waals surface area contributed by atoms with Gasteiger partial charge in [0.05, 0.1) is 9.64 Å². The largest absolute Gasteiger partial charge is 1.00 e. The number of aromatic nitrogens is 2. The van der Waals surface area contributed by atoms with Crippen LogP contribution in [0.2, 0.25) is 0 Å². The summed E-state index contributed by atoms with van der Waals surface area (Å²) in [5.74, 6) is -0.283. The molecule has 0 aliphatic heterocycles. The summed E-state index contributed by atoms with van der Waals surface area (Å²) in [5.41, 5.74) is 0.726. The van der Waals surface area contributed by atoms with E-state index < -0.39 is 0 Å². The Hall–Kier alpha value is 0.786. The van der Waals surface area contributed by atoms with E-state index in [0.717, 1.165) is 5.69 Å². The Bertz CT molecular complexity index is 505. The predicted octanol–water partition coefficient (Wildman–Crippen LogP) is -0.288. The Morgan fingerprint density at radius 2 is 1.93 bits per heavy atom. The van der Waals surface area contributed by atoms with Crippen molar-refractivity contribution in [2.45, 2.75) is 4.34 Å². The summed E-state index contributed by atoms with van der Waals surface area (Å²) in [6, 6.07) is 5.94. The Kier molecular flexibility index (Phi) is 5.47. The second kappa shape index (κ2) is 5.92. The molecule has 0 radical (unpaired) electrons. The molecule has 7 heteroatoms. The van der Waals surface area contributed by atoms with Gasteiger partial charge in [0.25, 0.3) is 0 Å². The zero-order valence-corrected chi connectivity index (χ0v) is 13.4. The molecule has 72 valence electrons. The first-order valence-electron chi connectivity index (χ1n) is 3.70. The van der Waals surface area contributed by atoms with Crippen molar-refractivity contribution in [1.82, 2.24) is 9.78 Å². The van der Waals surface area contributed by atoms with Gasteiger partial charge < -0.3 is 24.0 Å². The van der Waals surface area contributed by atoms with Crippen LogP contribution in [-0.4, -0.2) is 9.78 Å². The first-order chi connectivity index (χ1) is 6.66. The molecule has 0 unspecified atom stereocenters.